The van der Waals surface area contributed by atoms with Gasteiger partial charge in [-0.05, 0) is 54.9 Å². The normalized spacial score (nSPS) is 20.6. The summed E-state index contributed by atoms with van der Waals surface area (Å²) in [5.74, 6) is 0.943. The van der Waals surface area contributed by atoms with E-state index in [9.17, 15) is 0 Å². The van der Waals surface area contributed by atoms with Crippen molar-refractivity contribution >= 4 is 10.8 Å². The second kappa shape index (κ2) is 5.22. The molecule has 0 aromatic heterocycles. The summed E-state index contributed by atoms with van der Waals surface area (Å²) in [7, 11) is 3.97. The van der Waals surface area contributed by atoms with Crippen molar-refractivity contribution in [3.8, 4) is 5.75 Å². The van der Waals surface area contributed by atoms with Crippen LogP contribution < -0.4 is 4.74 Å². The van der Waals surface area contributed by atoms with Gasteiger partial charge in [-0.25, -0.2) is 0 Å². The number of rotatable bonds is 2. The highest BCUT2D eigenvalue weighted by atomic mass is 16.5. The number of benzene rings is 2. The van der Waals surface area contributed by atoms with Gasteiger partial charge in [0.2, 0.25) is 0 Å². The van der Waals surface area contributed by atoms with Gasteiger partial charge in [0.15, 0.2) is 0 Å². The van der Waals surface area contributed by atoms with Crippen molar-refractivity contribution in [3.63, 3.8) is 0 Å². The Labute approximate surface area is 115 Å². The molecule has 0 radical (unpaired) electrons. The average Bonchev–Trinajstić information content (AvgIpc) is 2.47. The van der Waals surface area contributed by atoms with Gasteiger partial charge in [0.1, 0.15) is 5.75 Å². The fourth-order valence-electron chi connectivity index (χ4n) is 3.16. The smallest absolute Gasteiger partial charge is 0.119 e. The van der Waals surface area contributed by atoms with Crippen LogP contribution >= 0.6 is 0 Å². The number of nitrogens with zero attached hydrogens (tertiary/aromatic N) is 1. The van der Waals surface area contributed by atoms with Crippen molar-refractivity contribution in [3.05, 3.63) is 42.0 Å². The maximum absolute atomic E-state index is 5.38. The molecule has 0 spiro atoms. The molecule has 100 valence electrons. The zero-order valence-electron chi connectivity index (χ0n) is 11.7. The van der Waals surface area contributed by atoms with E-state index in [2.05, 4.69) is 42.3 Å². The molecule has 2 heteroatoms. The van der Waals surface area contributed by atoms with Crippen LogP contribution in [0.4, 0.5) is 0 Å². The van der Waals surface area contributed by atoms with Gasteiger partial charge in [0.25, 0.3) is 0 Å². The Hall–Kier alpha value is -1.54. The predicted octanol–water partition coefficient (Wildman–Crippen LogP) is 4.01. The van der Waals surface area contributed by atoms with Crippen LogP contribution in [0.3, 0.4) is 0 Å². The van der Waals surface area contributed by atoms with Crippen molar-refractivity contribution < 1.29 is 4.74 Å². The van der Waals surface area contributed by atoms with Crippen LogP contribution in [0.1, 0.15) is 30.9 Å². The van der Waals surface area contributed by atoms with Gasteiger partial charge >= 0.3 is 0 Å². The molecule has 19 heavy (non-hydrogen) atoms. The maximum atomic E-state index is 5.38. The fraction of sp³-hybridized carbons (Fsp3) is 0.412. The molecule has 0 amide bonds. The molecule has 3 rings (SSSR count). The van der Waals surface area contributed by atoms with Gasteiger partial charge in [0.05, 0.1) is 7.11 Å². The zero-order valence-corrected chi connectivity index (χ0v) is 11.7. The zero-order chi connectivity index (χ0) is 13.2. The van der Waals surface area contributed by atoms with Crippen LogP contribution in [0, 0.1) is 0 Å². The lowest BCUT2D eigenvalue weighted by Crippen LogP contribution is -2.29. The van der Waals surface area contributed by atoms with Crippen molar-refractivity contribution in [2.24, 2.45) is 0 Å². The quantitative estimate of drug-likeness (QED) is 0.804. The first-order chi connectivity index (χ1) is 9.29. The van der Waals surface area contributed by atoms with Crippen molar-refractivity contribution in [2.75, 3.05) is 20.7 Å². The molecule has 1 aliphatic heterocycles. The number of likely N-dealkylation sites (tertiary alicyclic amines) is 1. The first-order valence-corrected chi connectivity index (χ1v) is 7.06. The third-order valence-corrected chi connectivity index (χ3v) is 4.25. The molecule has 1 heterocycles. The minimum Gasteiger partial charge on any atom is -0.497 e. The number of ether oxygens (including phenoxy) is 1. The molecule has 2 aromatic carbocycles. The summed E-state index contributed by atoms with van der Waals surface area (Å²) < 4.78 is 5.38. The summed E-state index contributed by atoms with van der Waals surface area (Å²) in [5.41, 5.74) is 1.44. The molecule has 1 unspecified atom stereocenters. The summed E-state index contributed by atoms with van der Waals surface area (Å²) in [6, 6.07) is 13.5. The molecule has 0 saturated carbocycles. The van der Waals surface area contributed by atoms with E-state index in [4.69, 9.17) is 4.74 Å². The third kappa shape index (κ3) is 2.33. The van der Waals surface area contributed by atoms with E-state index in [0.29, 0.717) is 6.04 Å². The summed E-state index contributed by atoms with van der Waals surface area (Å²) >= 11 is 0. The second-order valence-electron chi connectivity index (χ2n) is 5.43. The molecule has 2 nitrogen and oxygen atoms in total. The summed E-state index contributed by atoms with van der Waals surface area (Å²) in [5, 5.41) is 2.64. The number of hydrogen-bond acceptors (Lipinski definition) is 2. The van der Waals surface area contributed by atoms with E-state index in [-0.39, 0.29) is 0 Å². The van der Waals surface area contributed by atoms with Crippen LogP contribution in [0.5, 0.6) is 5.75 Å². The van der Waals surface area contributed by atoms with Gasteiger partial charge < -0.3 is 4.74 Å². The molecule has 1 atom stereocenters. The lowest BCUT2D eigenvalue weighted by Gasteiger charge is -2.33. The maximum Gasteiger partial charge on any atom is 0.119 e. The van der Waals surface area contributed by atoms with Crippen molar-refractivity contribution in [1.29, 1.82) is 0 Å². The van der Waals surface area contributed by atoms with E-state index < -0.39 is 0 Å². The Balaban J connectivity index is 2.11. The number of piperidine rings is 1. The molecule has 0 aliphatic carbocycles. The Morgan fingerprint density at radius 2 is 2.05 bits per heavy atom. The number of fused-ring (bicyclic) bond motifs is 1. The van der Waals surface area contributed by atoms with E-state index >= 15 is 0 Å². The van der Waals surface area contributed by atoms with Gasteiger partial charge in [-0.15, -0.1) is 0 Å². The van der Waals surface area contributed by atoms with E-state index in [0.717, 1.165) is 5.75 Å². The predicted molar refractivity (Wildman–Crippen MR) is 79.7 cm³/mol. The minimum atomic E-state index is 0.546. The van der Waals surface area contributed by atoms with Crippen LogP contribution in [-0.4, -0.2) is 25.6 Å². The Bertz CT molecular complexity index is 578. The first kappa shape index (κ1) is 12.5. The molecule has 2 aromatic rings. The van der Waals surface area contributed by atoms with Crippen LogP contribution in [0.25, 0.3) is 10.8 Å². The molecule has 0 bridgehead atoms. The SMILES string of the molecule is COc1ccc2cccc(C3CCCCN3C)c2c1. The summed E-state index contributed by atoms with van der Waals surface area (Å²) in [6.07, 6.45) is 3.91. The van der Waals surface area contributed by atoms with Gasteiger partial charge in [0, 0.05) is 6.04 Å². The highest BCUT2D eigenvalue weighted by Gasteiger charge is 2.22. The number of methoxy groups -OCH3 is 1. The monoisotopic (exact) mass is 255 g/mol. The highest BCUT2D eigenvalue weighted by molar-refractivity contribution is 5.87. The largest absolute Gasteiger partial charge is 0.497 e. The summed E-state index contributed by atoms with van der Waals surface area (Å²) in [6.45, 7) is 1.20. The second-order valence-corrected chi connectivity index (χ2v) is 5.43. The van der Waals surface area contributed by atoms with E-state index in [1.165, 1.54) is 42.1 Å². The average molecular weight is 255 g/mol. The summed E-state index contributed by atoms with van der Waals surface area (Å²) in [4.78, 5) is 2.48. The molecular formula is C17H21NO. The first-order valence-electron chi connectivity index (χ1n) is 7.06. The molecule has 1 saturated heterocycles. The fourth-order valence-corrected chi connectivity index (χ4v) is 3.16. The minimum absolute atomic E-state index is 0.546. The molecule has 1 aliphatic rings. The van der Waals surface area contributed by atoms with Gasteiger partial charge in [-0.1, -0.05) is 30.7 Å². The molecule has 1 fully saturated rings. The van der Waals surface area contributed by atoms with E-state index in [1.54, 1.807) is 7.11 Å². The molecular weight excluding hydrogens is 234 g/mol. The van der Waals surface area contributed by atoms with Gasteiger partial charge in [-0.3, -0.25) is 4.90 Å². The standard InChI is InChI=1S/C17H21NO/c1-18-11-4-3-8-17(18)15-7-5-6-13-9-10-14(19-2)12-16(13)15/h5-7,9-10,12,17H,3-4,8,11H2,1-2H3. The highest BCUT2D eigenvalue weighted by Crippen LogP contribution is 2.35. The van der Waals surface area contributed by atoms with Crippen LogP contribution in [0.2, 0.25) is 0 Å². The van der Waals surface area contributed by atoms with Crippen LogP contribution in [-0.2, 0) is 0 Å². The molecule has 0 N–H and O–H groups in total. The lowest BCUT2D eigenvalue weighted by molar-refractivity contribution is 0.188. The van der Waals surface area contributed by atoms with Crippen molar-refractivity contribution in [1.82, 2.24) is 4.90 Å². The number of hydrogen-bond donors (Lipinski definition) is 0. The van der Waals surface area contributed by atoms with Gasteiger partial charge in [-0.2, -0.15) is 0 Å². The lowest BCUT2D eigenvalue weighted by atomic mass is 9.92. The van der Waals surface area contributed by atoms with Crippen LogP contribution in [0.15, 0.2) is 36.4 Å². The third-order valence-electron chi connectivity index (χ3n) is 4.25. The Kier molecular flexibility index (Phi) is 3.43. The van der Waals surface area contributed by atoms with Crippen molar-refractivity contribution in [2.45, 2.75) is 25.3 Å². The van der Waals surface area contributed by atoms with E-state index in [1.807, 2.05) is 6.07 Å². The Morgan fingerprint density at radius 3 is 2.84 bits per heavy atom. The topological polar surface area (TPSA) is 12.5 Å². The Morgan fingerprint density at radius 1 is 1.16 bits per heavy atom.